The second-order valence-electron chi connectivity index (χ2n) is 6.01. The summed E-state index contributed by atoms with van der Waals surface area (Å²) in [5.74, 6) is -1.99. The number of hydrogen-bond acceptors (Lipinski definition) is 3. The number of aromatic nitrogens is 1. The van der Waals surface area contributed by atoms with Crippen molar-refractivity contribution in [2.75, 3.05) is 6.54 Å². The van der Waals surface area contributed by atoms with Gasteiger partial charge in [0.25, 0.3) is 5.91 Å². The molecule has 0 radical (unpaired) electrons. The summed E-state index contributed by atoms with van der Waals surface area (Å²) in [6.45, 7) is 6.58. The van der Waals surface area contributed by atoms with Gasteiger partial charge in [-0.3, -0.25) is 4.79 Å². The normalized spacial score (nSPS) is 11.5. The number of nitrogens with one attached hydrogen (secondary N) is 1. The van der Waals surface area contributed by atoms with E-state index >= 15 is 0 Å². The molecule has 0 unspecified atom stereocenters. The van der Waals surface area contributed by atoms with Crippen molar-refractivity contribution in [2.45, 2.75) is 32.6 Å². The molecule has 118 valence electrons. The molecule has 0 saturated heterocycles. The van der Waals surface area contributed by atoms with Gasteiger partial charge in [0.15, 0.2) is 0 Å². The molecule has 0 saturated carbocycles. The highest BCUT2D eigenvalue weighted by Gasteiger charge is 2.17. The molecule has 2 rings (SSSR count). The van der Waals surface area contributed by atoms with E-state index in [0.29, 0.717) is 13.0 Å². The second kappa shape index (κ2) is 6.52. The van der Waals surface area contributed by atoms with Crippen molar-refractivity contribution in [1.82, 2.24) is 10.3 Å². The molecule has 0 aliphatic heterocycles. The topological polar surface area (TPSA) is 42.0 Å². The van der Waals surface area contributed by atoms with E-state index in [1.165, 1.54) is 11.3 Å². The summed E-state index contributed by atoms with van der Waals surface area (Å²) in [6, 6.07) is 2.82. The second-order valence-corrected chi connectivity index (χ2v) is 6.95. The standard InChI is InChI=1S/C16H18F2N2OS/c1-16(2,3)13-9-22-14(20-13)6-7-19-15(21)11-8-10(17)4-5-12(11)18/h4-5,8-9H,6-7H2,1-3H3,(H,19,21). The van der Waals surface area contributed by atoms with Crippen LogP contribution in [0.3, 0.4) is 0 Å². The zero-order valence-electron chi connectivity index (χ0n) is 12.7. The van der Waals surface area contributed by atoms with Crippen molar-refractivity contribution in [3.63, 3.8) is 0 Å². The fourth-order valence-electron chi connectivity index (χ4n) is 1.82. The molecule has 6 heteroatoms. The molecule has 0 aliphatic rings. The summed E-state index contributed by atoms with van der Waals surface area (Å²) < 4.78 is 26.5. The predicted molar refractivity (Wildman–Crippen MR) is 83.2 cm³/mol. The highest BCUT2D eigenvalue weighted by Crippen LogP contribution is 2.23. The number of carbonyl (C=O) groups excluding carboxylic acids is 1. The third kappa shape index (κ3) is 4.10. The van der Waals surface area contributed by atoms with Crippen LogP contribution in [0.2, 0.25) is 0 Å². The lowest BCUT2D eigenvalue weighted by Crippen LogP contribution is -2.26. The molecule has 1 heterocycles. The Hall–Kier alpha value is -1.82. The van der Waals surface area contributed by atoms with Gasteiger partial charge in [-0.2, -0.15) is 0 Å². The first kappa shape index (κ1) is 16.5. The molecular formula is C16H18F2N2OS. The Labute approximate surface area is 132 Å². The fourth-order valence-corrected chi connectivity index (χ4v) is 2.84. The average molecular weight is 324 g/mol. The smallest absolute Gasteiger partial charge is 0.254 e. The van der Waals surface area contributed by atoms with Gasteiger partial charge < -0.3 is 5.32 Å². The Balaban J connectivity index is 1.92. The van der Waals surface area contributed by atoms with Crippen LogP contribution in [0.5, 0.6) is 0 Å². The van der Waals surface area contributed by atoms with Crippen LogP contribution < -0.4 is 5.32 Å². The number of hydrogen-bond donors (Lipinski definition) is 1. The number of benzene rings is 1. The van der Waals surface area contributed by atoms with Crippen molar-refractivity contribution in [3.05, 3.63) is 51.5 Å². The molecule has 1 aromatic carbocycles. The third-order valence-electron chi connectivity index (χ3n) is 3.12. The Bertz CT molecular complexity index is 677. The lowest BCUT2D eigenvalue weighted by atomic mass is 9.93. The van der Waals surface area contributed by atoms with E-state index in [0.717, 1.165) is 28.9 Å². The van der Waals surface area contributed by atoms with Crippen molar-refractivity contribution in [2.24, 2.45) is 0 Å². The summed E-state index contributed by atoms with van der Waals surface area (Å²) in [7, 11) is 0. The van der Waals surface area contributed by atoms with Crippen LogP contribution in [-0.2, 0) is 11.8 Å². The highest BCUT2D eigenvalue weighted by atomic mass is 32.1. The van der Waals surface area contributed by atoms with Gasteiger partial charge in [-0.05, 0) is 18.2 Å². The molecule has 3 nitrogen and oxygen atoms in total. The maximum Gasteiger partial charge on any atom is 0.254 e. The molecular weight excluding hydrogens is 306 g/mol. The van der Waals surface area contributed by atoms with Crippen LogP contribution in [0.25, 0.3) is 0 Å². The Morgan fingerprint density at radius 3 is 2.68 bits per heavy atom. The molecule has 0 aliphatic carbocycles. The zero-order valence-corrected chi connectivity index (χ0v) is 13.6. The van der Waals surface area contributed by atoms with Crippen LogP contribution in [0.15, 0.2) is 23.6 Å². The van der Waals surface area contributed by atoms with E-state index in [9.17, 15) is 13.6 Å². The number of rotatable bonds is 4. The molecule has 2 aromatic rings. The average Bonchev–Trinajstić information content (AvgIpc) is 2.90. The van der Waals surface area contributed by atoms with Gasteiger partial charge in [-0.15, -0.1) is 11.3 Å². The van der Waals surface area contributed by atoms with Gasteiger partial charge in [-0.1, -0.05) is 20.8 Å². The van der Waals surface area contributed by atoms with Gasteiger partial charge >= 0.3 is 0 Å². The summed E-state index contributed by atoms with van der Waals surface area (Å²) in [5.41, 5.74) is 0.715. The quantitative estimate of drug-likeness (QED) is 0.932. The molecule has 22 heavy (non-hydrogen) atoms. The Morgan fingerprint density at radius 1 is 1.32 bits per heavy atom. The number of halogens is 2. The zero-order chi connectivity index (χ0) is 16.3. The van der Waals surface area contributed by atoms with E-state index in [1.807, 2.05) is 5.38 Å². The number of carbonyl (C=O) groups is 1. The predicted octanol–water partition coefficient (Wildman–Crippen LogP) is 3.69. The van der Waals surface area contributed by atoms with E-state index in [2.05, 4.69) is 31.1 Å². The van der Waals surface area contributed by atoms with Crippen molar-refractivity contribution in [1.29, 1.82) is 0 Å². The first-order valence-electron chi connectivity index (χ1n) is 6.95. The summed E-state index contributed by atoms with van der Waals surface area (Å²) >= 11 is 1.53. The summed E-state index contributed by atoms with van der Waals surface area (Å²) in [6.07, 6.45) is 0.559. The SMILES string of the molecule is CC(C)(C)c1csc(CCNC(=O)c2cc(F)ccc2F)n1. The monoisotopic (exact) mass is 324 g/mol. The first-order chi connectivity index (χ1) is 10.3. The van der Waals surface area contributed by atoms with Gasteiger partial charge in [0, 0.05) is 23.8 Å². The molecule has 0 atom stereocenters. The highest BCUT2D eigenvalue weighted by molar-refractivity contribution is 7.09. The van der Waals surface area contributed by atoms with Crippen molar-refractivity contribution in [3.8, 4) is 0 Å². The molecule has 0 fully saturated rings. The maximum absolute atomic E-state index is 13.5. The van der Waals surface area contributed by atoms with Crippen LogP contribution in [0.1, 0.15) is 41.8 Å². The van der Waals surface area contributed by atoms with Gasteiger partial charge in [0.1, 0.15) is 11.6 Å². The van der Waals surface area contributed by atoms with E-state index in [4.69, 9.17) is 0 Å². The largest absolute Gasteiger partial charge is 0.352 e. The molecule has 1 N–H and O–H groups in total. The minimum Gasteiger partial charge on any atom is -0.352 e. The minimum absolute atomic E-state index is 0.0112. The maximum atomic E-state index is 13.5. The Morgan fingerprint density at radius 2 is 2.05 bits per heavy atom. The van der Waals surface area contributed by atoms with E-state index < -0.39 is 17.5 Å². The number of nitrogens with zero attached hydrogens (tertiary/aromatic N) is 1. The third-order valence-corrected chi connectivity index (χ3v) is 4.03. The molecule has 1 amide bonds. The number of thiazole rings is 1. The van der Waals surface area contributed by atoms with Crippen molar-refractivity contribution < 1.29 is 13.6 Å². The van der Waals surface area contributed by atoms with Gasteiger partial charge in [0.2, 0.25) is 0 Å². The van der Waals surface area contributed by atoms with Crippen LogP contribution in [-0.4, -0.2) is 17.4 Å². The molecule has 1 aromatic heterocycles. The number of amides is 1. The first-order valence-corrected chi connectivity index (χ1v) is 7.83. The Kier molecular flexibility index (Phi) is 4.90. The van der Waals surface area contributed by atoms with Gasteiger partial charge in [-0.25, -0.2) is 13.8 Å². The van der Waals surface area contributed by atoms with Crippen LogP contribution >= 0.6 is 11.3 Å². The van der Waals surface area contributed by atoms with E-state index in [-0.39, 0.29) is 11.0 Å². The fraction of sp³-hybridized carbons (Fsp3) is 0.375. The van der Waals surface area contributed by atoms with Crippen LogP contribution in [0, 0.1) is 11.6 Å². The van der Waals surface area contributed by atoms with Gasteiger partial charge in [0.05, 0.1) is 16.3 Å². The lowest BCUT2D eigenvalue weighted by Gasteiger charge is -2.14. The van der Waals surface area contributed by atoms with Crippen molar-refractivity contribution >= 4 is 17.2 Å². The lowest BCUT2D eigenvalue weighted by molar-refractivity contribution is 0.0949. The minimum atomic E-state index is -0.733. The molecule has 0 spiro atoms. The summed E-state index contributed by atoms with van der Waals surface area (Å²) in [4.78, 5) is 16.4. The molecule has 0 bridgehead atoms. The van der Waals surface area contributed by atoms with E-state index in [1.54, 1.807) is 0 Å². The van der Waals surface area contributed by atoms with Crippen LogP contribution in [0.4, 0.5) is 8.78 Å². The summed E-state index contributed by atoms with van der Waals surface area (Å²) in [5, 5.41) is 5.50.